The summed E-state index contributed by atoms with van der Waals surface area (Å²) in [5.74, 6) is -0.182. The molecule has 0 spiro atoms. The Balaban J connectivity index is 1.51. The molecular weight excluding hydrogens is 378 g/mol. The van der Waals surface area contributed by atoms with Gasteiger partial charge in [-0.15, -0.1) is 0 Å². The first-order chi connectivity index (χ1) is 14.6. The number of benzene rings is 3. The highest BCUT2D eigenvalue weighted by molar-refractivity contribution is 6.00. The number of aryl methyl sites for hydroxylation is 1. The van der Waals surface area contributed by atoms with Crippen LogP contribution in [0.3, 0.4) is 0 Å². The average molecular weight is 403 g/mol. The third kappa shape index (κ3) is 6.10. The number of ether oxygens (including phenoxy) is 1. The SMILES string of the molecule is NC(=O)c1ccccc1NCC(=O)Nc1ccccc1OCCCc1ccccc1. The lowest BCUT2D eigenvalue weighted by molar-refractivity contribution is -0.114. The monoisotopic (exact) mass is 403 g/mol. The molecule has 0 saturated heterocycles. The molecule has 3 rings (SSSR count). The number of rotatable bonds is 10. The Morgan fingerprint density at radius 3 is 2.27 bits per heavy atom. The predicted molar refractivity (Wildman–Crippen MR) is 119 cm³/mol. The van der Waals surface area contributed by atoms with E-state index in [1.807, 2.05) is 36.4 Å². The van der Waals surface area contributed by atoms with Crippen LogP contribution in [0.1, 0.15) is 22.3 Å². The minimum absolute atomic E-state index is 0.00731. The molecule has 0 heterocycles. The molecule has 0 saturated carbocycles. The number of amides is 2. The Hall–Kier alpha value is -3.80. The van der Waals surface area contributed by atoms with Crippen LogP contribution in [0.15, 0.2) is 78.9 Å². The van der Waals surface area contributed by atoms with Crippen molar-refractivity contribution in [1.82, 2.24) is 0 Å². The molecule has 0 fully saturated rings. The predicted octanol–water partition coefficient (Wildman–Crippen LogP) is 3.85. The Morgan fingerprint density at radius 2 is 1.50 bits per heavy atom. The second kappa shape index (κ2) is 10.7. The van der Waals surface area contributed by atoms with Crippen LogP contribution in [0.2, 0.25) is 0 Å². The Labute approximate surface area is 176 Å². The fourth-order valence-corrected chi connectivity index (χ4v) is 3.02. The lowest BCUT2D eigenvalue weighted by atomic mass is 10.1. The van der Waals surface area contributed by atoms with E-state index in [1.54, 1.807) is 30.3 Å². The van der Waals surface area contributed by atoms with E-state index in [4.69, 9.17) is 10.5 Å². The first-order valence-corrected chi connectivity index (χ1v) is 9.82. The lowest BCUT2D eigenvalue weighted by Gasteiger charge is -2.14. The van der Waals surface area contributed by atoms with Gasteiger partial charge in [0.25, 0.3) is 5.91 Å². The molecule has 30 heavy (non-hydrogen) atoms. The van der Waals surface area contributed by atoms with Crippen molar-refractivity contribution in [1.29, 1.82) is 0 Å². The highest BCUT2D eigenvalue weighted by atomic mass is 16.5. The summed E-state index contributed by atoms with van der Waals surface area (Å²) >= 11 is 0. The molecule has 0 unspecified atom stereocenters. The molecule has 0 atom stereocenters. The van der Waals surface area contributed by atoms with Gasteiger partial charge >= 0.3 is 0 Å². The molecule has 0 aromatic heterocycles. The number of para-hydroxylation sites is 3. The Kier molecular flexibility index (Phi) is 7.44. The third-order valence-corrected chi connectivity index (χ3v) is 4.50. The summed E-state index contributed by atoms with van der Waals surface area (Å²) in [6.45, 7) is 0.540. The molecule has 6 nitrogen and oxygen atoms in total. The highest BCUT2D eigenvalue weighted by Gasteiger charge is 2.10. The summed E-state index contributed by atoms with van der Waals surface area (Å²) in [5.41, 5.74) is 8.10. The molecular formula is C24H25N3O3. The molecule has 6 heteroatoms. The van der Waals surface area contributed by atoms with Crippen molar-refractivity contribution in [3.8, 4) is 5.75 Å². The van der Waals surface area contributed by atoms with E-state index < -0.39 is 5.91 Å². The summed E-state index contributed by atoms with van der Waals surface area (Å²) in [6, 6.07) is 24.4. The van der Waals surface area contributed by atoms with Crippen molar-refractivity contribution >= 4 is 23.2 Å². The number of hydrogen-bond acceptors (Lipinski definition) is 4. The maximum absolute atomic E-state index is 12.4. The van der Waals surface area contributed by atoms with Crippen LogP contribution in [0.4, 0.5) is 11.4 Å². The number of carbonyl (C=O) groups excluding carboxylic acids is 2. The summed E-state index contributed by atoms with van der Waals surface area (Å²) in [7, 11) is 0. The van der Waals surface area contributed by atoms with Gasteiger partial charge in [-0.2, -0.15) is 0 Å². The van der Waals surface area contributed by atoms with Crippen molar-refractivity contribution in [2.75, 3.05) is 23.8 Å². The number of nitrogens with one attached hydrogen (secondary N) is 2. The summed E-state index contributed by atoms with van der Waals surface area (Å²) in [5, 5.41) is 5.80. The van der Waals surface area contributed by atoms with E-state index in [0.717, 1.165) is 12.8 Å². The van der Waals surface area contributed by atoms with Crippen LogP contribution in [0.25, 0.3) is 0 Å². The highest BCUT2D eigenvalue weighted by Crippen LogP contribution is 2.24. The number of anilines is 2. The van der Waals surface area contributed by atoms with Crippen molar-refractivity contribution in [3.63, 3.8) is 0 Å². The van der Waals surface area contributed by atoms with Crippen LogP contribution < -0.4 is 21.1 Å². The zero-order valence-corrected chi connectivity index (χ0v) is 16.6. The zero-order chi connectivity index (χ0) is 21.2. The lowest BCUT2D eigenvalue weighted by Crippen LogP contribution is -2.23. The minimum atomic E-state index is -0.548. The normalized spacial score (nSPS) is 10.3. The molecule has 3 aromatic carbocycles. The maximum atomic E-state index is 12.4. The van der Waals surface area contributed by atoms with E-state index in [9.17, 15) is 9.59 Å². The topological polar surface area (TPSA) is 93.5 Å². The average Bonchev–Trinajstić information content (AvgIpc) is 2.77. The second-order valence-corrected chi connectivity index (χ2v) is 6.75. The van der Waals surface area contributed by atoms with E-state index in [0.29, 0.717) is 29.3 Å². The van der Waals surface area contributed by atoms with Gasteiger partial charge in [0, 0.05) is 5.69 Å². The van der Waals surface area contributed by atoms with Gasteiger partial charge in [-0.05, 0) is 42.7 Å². The molecule has 0 aliphatic carbocycles. The van der Waals surface area contributed by atoms with Crippen LogP contribution in [0.5, 0.6) is 5.75 Å². The molecule has 0 aliphatic rings. The smallest absolute Gasteiger partial charge is 0.250 e. The first-order valence-electron chi connectivity index (χ1n) is 9.82. The molecule has 154 valence electrons. The number of primary amides is 1. The number of hydrogen-bond donors (Lipinski definition) is 3. The third-order valence-electron chi connectivity index (χ3n) is 4.50. The minimum Gasteiger partial charge on any atom is -0.491 e. The fraction of sp³-hybridized carbons (Fsp3) is 0.167. The van der Waals surface area contributed by atoms with Crippen LogP contribution >= 0.6 is 0 Å². The molecule has 0 radical (unpaired) electrons. The van der Waals surface area contributed by atoms with Crippen molar-refractivity contribution in [2.24, 2.45) is 5.73 Å². The zero-order valence-electron chi connectivity index (χ0n) is 16.6. The van der Waals surface area contributed by atoms with Crippen molar-refractivity contribution in [3.05, 3.63) is 90.0 Å². The van der Waals surface area contributed by atoms with Crippen LogP contribution in [0, 0.1) is 0 Å². The quantitative estimate of drug-likeness (QED) is 0.448. The van der Waals surface area contributed by atoms with Gasteiger partial charge in [-0.3, -0.25) is 9.59 Å². The van der Waals surface area contributed by atoms with E-state index >= 15 is 0 Å². The van der Waals surface area contributed by atoms with Gasteiger partial charge in [0.15, 0.2) is 0 Å². The van der Waals surface area contributed by atoms with E-state index in [1.165, 1.54) is 5.56 Å². The molecule has 4 N–H and O–H groups in total. The van der Waals surface area contributed by atoms with Crippen molar-refractivity contribution in [2.45, 2.75) is 12.8 Å². The second-order valence-electron chi connectivity index (χ2n) is 6.75. The Bertz CT molecular complexity index is 990. The maximum Gasteiger partial charge on any atom is 0.250 e. The van der Waals surface area contributed by atoms with Crippen LogP contribution in [-0.4, -0.2) is 25.0 Å². The molecule has 2 amide bonds. The molecule has 0 aliphatic heterocycles. The van der Waals surface area contributed by atoms with Gasteiger partial charge in [0.1, 0.15) is 5.75 Å². The van der Waals surface area contributed by atoms with Gasteiger partial charge in [0.05, 0.1) is 24.4 Å². The number of nitrogens with two attached hydrogens (primary N) is 1. The van der Waals surface area contributed by atoms with E-state index in [2.05, 4.69) is 22.8 Å². The van der Waals surface area contributed by atoms with Gasteiger partial charge in [0.2, 0.25) is 5.91 Å². The Morgan fingerprint density at radius 1 is 0.833 bits per heavy atom. The van der Waals surface area contributed by atoms with Crippen LogP contribution in [-0.2, 0) is 11.2 Å². The van der Waals surface area contributed by atoms with Gasteiger partial charge in [-0.1, -0.05) is 54.6 Å². The molecule has 3 aromatic rings. The van der Waals surface area contributed by atoms with Crippen molar-refractivity contribution < 1.29 is 14.3 Å². The summed E-state index contributed by atoms with van der Waals surface area (Å²) < 4.78 is 5.88. The summed E-state index contributed by atoms with van der Waals surface area (Å²) in [6.07, 6.45) is 1.80. The largest absolute Gasteiger partial charge is 0.491 e. The molecule has 0 bridgehead atoms. The summed E-state index contributed by atoms with van der Waals surface area (Å²) in [4.78, 5) is 23.9. The van der Waals surface area contributed by atoms with E-state index in [-0.39, 0.29) is 12.5 Å². The van der Waals surface area contributed by atoms with Gasteiger partial charge in [-0.25, -0.2) is 0 Å². The standard InChI is InChI=1S/C24H25N3O3/c25-24(29)19-12-4-5-13-20(19)26-17-23(28)27-21-14-6-7-15-22(21)30-16-8-11-18-9-2-1-3-10-18/h1-7,9-10,12-15,26H,8,11,16-17H2,(H2,25,29)(H,27,28). The van der Waals surface area contributed by atoms with Gasteiger partial charge < -0.3 is 21.1 Å². The number of carbonyl (C=O) groups is 2. The fourth-order valence-electron chi connectivity index (χ4n) is 3.02. The first kappa shape index (κ1) is 20.9.